The van der Waals surface area contributed by atoms with Crippen LogP contribution in [0.1, 0.15) is 37.0 Å². The number of nitrogens with zero attached hydrogens (tertiary/aromatic N) is 2. The van der Waals surface area contributed by atoms with E-state index in [1.165, 1.54) is 23.4 Å². The van der Waals surface area contributed by atoms with Gasteiger partial charge in [0.25, 0.3) is 5.91 Å². The molecule has 5 nitrogen and oxygen atoms in total. The minimum atomic E-state index is -0.983. The standard InChI is InChI=1S/C14H17ClN2O3/c1-14(2)5-3-7-17(11(14)13(19)20)12(18)9-8-16-6-4-10(9)15/h4,6,8,11H,3,5,7H2,1-2H3,(H,19,20). The molecular formula is C14H17ClN2O3. The third-order valence-corrected chi connectivity index (χ3v) is 4.09. The Kier molecular flexibility index (Phi) is 3.99. The number of hydrogen-bond acceptors (Lipinski definition) is 3. The van der Waals surface area contributed by atoms with Crippen LogP contribution < -0.4 is 0 Å². The summed E-state index contributed by atoms with van der Waals surface area (Å²) in [6.45, 7) is 4.16. The molecule has 1 fully saturated rings. The van der Waals surface area contributed by atoms with Crippen molar-refractivity contribution in [2.75, 3.05) is 6.54 Å². The summed E-state index contributed by atoms with van der Waals surface area (Å²) in [7, 11) is 0. The summed E-state index contributed by atoms with van der Waals surface area (Å²) in [5.74, 6) is -1.36. The van der Waals surface area contributed by atoms with Gasteiger partial charge in [-0.2, -0.15) is 0 Å². The van der Waals surface area contributed by atoms with Crippen molar-refractivity contribution < 1.29 is 14.7 Å². The van der Waals surface area contributed by atoms with E-state index in [0.717, 1.165) is 12.8 Å². The van der Waals surface area contributed by atoms with Crippen molar-refractivity contribution in [3.63, 3.8) is 0 Å². The van der Waals surface area contributed by atoms with Crippen molar-refractivity contribution >= 4 is 23.5 Å². The fraction of sp³-hybridized carbons (Fsp3) is 0.500. The fourth-order valence-corrected chi connectivity index (χ4v) is 2.95. The largest absolute Gasteiger partial charge is 0.480 e. The van der Waals surface area contributed by atoms with Crippen LogP contribution in [0.5, 0.6) is 0 Å². The average molecular weight is 297 g/mol. The number of carboxylic acids is 1. The number of aromatic nitrogens is 1. The Bertz CT molecular complexity index is 545. The number of carboxylic acid groups (broad SMARTS) is 1. The second-order valence-electron chi connectivity index (χ2n) is 5.69. The number of piperidine rings is 1. The maximum Gasteiger partial charge on any atom is 0.326 e. The smallest absolute Gasteiger partial charge is 0.326 e. The highest BCUT2D eigenvalue weighted by Crippen LogP contribution is 2.36. The molecule has 2 heterocycles. The van der Waals surface area contributed by atoms with Gasteiger partial charge in [-0.05, 0) is 24.3 Å². The summed E-state index contributed by atoms with van der Waals surface area (Å²) in [5.41, 5.74) is -0.216. The van der Waals surface area contributed by atoms with Gasteiger partial charge in [-0.25, -0.2) is 4.79 Å². The van der Waals surface area contributed by atoms with Crippen LogP contribution in [0.15, 0.2) is 18.5 Å². The van der Waals surface area contributed by atoms with Gasteiger partial charge >= 0.3 is 5.97 Å². The van der Waals surface area contributed by atoms with E-state index >= 15 is 0 Å². The van der Waals surface area contributed by atoms with Crippen molar-refractivity contribution in [3.8, 4) is 0 Å². The molecule has 0 bridgehead atoms. The summed E-state index contributed by atoms with van der Waals surface area (Å²) in [6.07, 6.45) is 4.42. The number of hydrogen-bond donors (Lipinski definition) is 1. The maximum absolute atomic E-state index is 12.6. The van der Waals surface area contributed by atoms with Gasteiger partial charge in [-0.1, -0.05) is 25.4 Å². The van der Waals surface area contributed by atoms with E-state index in [1.54, 1.807) is 0 Å². The molecule has 1 saturated heterocycles. The Morgan fingerprint density at radius 1 is 1.50 bits per heavy atom. The average Bonchev–Trinajstić information content (AvgIpc) is 2.36. The lowest BCUT2D eigenvalue weighted by Gasteiger charge is -2.44. The summed E-state index contributed by atoms with van der Waals surface area (Å²) >= 11 is 6.00. The van der Waals surface area contributed by atoms with E-state index in [-0.39, 0.29) is 16.5 Å². The molecule has 1 aromatic heterocycles. The molecule has 0 radical (unpaired) electrons. The minimum Gasteiger partial charge on any atom is -0.480 e. The van der Waals surface area contributed by atoms with Crippen LogP contribution in [0, 0.1) is 5.41 Å². The highest BCUT2D eigenvalue weighted by Gasteiger charge is 2.44. The fourth-order valence-electron chi connectivity index (χ4n) is 2.77. The van der Waals surface area contributed by atoms with Crippen molar-refractivity contribution in [1.29, 1.82) is 0 Å². The van der Waals surface area contributed by atoms with Crippen LogP contribution in [0.25, 0.3) is 0 Å². The van der Waals surface area contributed by atoms with E-state index in [2.05, 4.69) is 4.98 Å². The lowest BCUT2D eigenvalue weighted by Crippen LogP contribution is -2.56. The molecule has 1 N–H and O–H groups in total. The molecule has 1 atom stereocenters. The predicted octanol–water partition coefficient (Wildman–Crippen LogP) is 2.45. The van der Waals surface area contributed by atoms with Gasteiger partial charge in [0.2, 0.25) is 0 Å². The van der Waals surface area contributed by atoms with Gasteiger partial charge in [-0.15, -0.1) is 0 Å². The number of likely N-dealkylation sites (tertiary alicyclic amines) is 1. The topological polar surface area (TPSA) is 70.5 Å². The van der Waals surface area contributed by atoms with Gasteiger partial charge in [0.1, 0.15) is 6.04 Å². The number of halogens is 1. The minimum absolute atomic E-state index is 0.248. The number of pyridine rings is 1. The molecule has 20 heavy (non-hydrogen) atoms. The van der Waals surface area contributed by atoms with Crippen molar-refractivity contribution in [3.05, 3.63) is 29.0 Å². The van der Waals surface area contributed by atoms with Crippen LogP contribution in [0.3, 0.4) is 0 Å². The molecule has 1 unspecified atom stereocenters. The summed E-state index contributed by atoms with van der Waals surface area (Å²) in [4.78, 5) is 29.4. The Morgan fingerprint density at radius 3 is 2.80 bits per heavy atom. The van der Waals surface area contributed by atoms with Crippen molar-refractivity contribution in [2.24, 2.45) is 5.41 Å². The Labute approximate surface area is 122 Å². The Balaban J connectivity index is 2.37. The molecule has 0 saturated carbocycles. The highest BCUT2D eigenvalue weighted by molar-refractivity contribution is 6.33. The molecule has 1 aliphatic rings. The van der Waals surface area contributed by atoms with Gasteiger partial charge < -0.3 is 10.0 Å². The molecule has 0 spiro atoms. The SMILES string of the molecule is CC1(C)CCCN(C(=O)c2cnccc2Cl)C1C(=O)O. The quantitative estimate of drug-likeness (QED) is 0.910. The maximum atomic E-state index is 12.6. The van der Waals surface area contributed by atoms with Crippen LogP contribution in [-0.2, 0) is 4.79 Å². The summed E-state index contributed by atoms with van der Waals surface area (Å²) in [6, 6.07) is 0.680. The van der Waals surface area contributed by atoms with Crippen LogP contribution >= 0.6 is 11.6 Å². The predicted molar refractivity (Wildman–Crippen MR) is 74.7 cm³/mol. The molecule has 1 aromatic rings. The number of amides is 1. The first-order valence-electron chi connectivity index (χ1n) is 6.48. The van der Waals surface area contributed by atoms with Crippen LogP contribution in [0.2, 0.25) is 5.02 Å². The van der Waals surface area contributed by atoms with E-state index < -0.39 is 17.4 Å². The molecular weight excluding hydrogens is 280 g/mol. The number of carbonyl (C=O) groups is 2. The second kappa shape index (κ2) is 5.40. The zero-order chi connectivity index (χ0) is 14.9. The number of aliphatic carboxylic acids is 1. The van der Waals surface area contributed by atoms with Gasteiger partial charge in [0.15, 0.2) is 0 Å². The highest BCUT2D eigenvalue weighted by atomic mass is 35.5. The van der Waals surface area contributed by atoms with Crippen molar-refractivity contribution in [1.82, 2.24) is 9.88 Å². The monoisotopic (exact) mass is 296 g/mol. The summed E-state index contributed by atoms with van der Waals surface area (Å²) < 4.78 is 0. The number of rotatable bonds is 2. The van der Waals surface area contributed by atoms with Gasteiger partial charge in [0.05, 0.1) is 10.6 Å². The molecule has 108 valence electrons. The first-order chi connectivity index (χ1) is 9.34. The summed E-state index contributed by atoms with van der Waals surface area (Å²) in [5, 5.41) is 9.76. The van der Waals surface area contributed by atoms with Gasteiger partial charge in [0, 0.05) is 18.9 Å². The normalized spacial score (nSPS) is 21.6. The Morgan fingerprint density at radius 2 is 2.20 bits per heavy atom. The lowest BCUT2D eigenvalue weighted by molar-refractivity contribution is -0.148. The first-order valence-corrected chi connectivity index (χ1v) is 6.85. The van der Waals surface area contributed by atoms with Crippen LogP contribution in [-0.4, -0.2) is 39.5 Å². The second-order valence-corrected chi connectivity index (χ2v) is 6.09. The molecule has 0 aromatic carbocycles. The van der Waals surface area contributed by atoms with E-state index in [4.69, 9.17) is 11.6 Å². The van der Waals surface area contributed by atoms with Crippen LogP contribution in [0.4, 0.5) is 0 Å². The zero-order valence-corrected chi connectivity index (χ0v) is 12.2. The first kappa shape index (κ1) is 14.8. The molecule has 6 heteroatoms. The van der Waals surface area contributed by atoms with E-state index in [9.17, 15) is 14.7 Å². The molecule has 0 aliphatic carbocycles. The van der Waals surface area contributed by atoms with Crippen molar-refractivity contribution in [2.45, 2.75) is 32.7 Å². The number of carbonyl (C=O) groups excluding carboxylic acids is 1. The van der Waals surface area contributed by atoms with Gasteiger partial charge in [-0.3, -0.25) is 9.78 Å². The third kappa shape index (κ3) is 2.63. The van der Waals surface area contributed by atoms with E-state index in [1.807, 2.05) is 13.8 Å². The van der Waals surface area contributed by atoms with E-state index in [0.29, 0.717) is 6.54 Å². The zero-order valence-electron chi connectivity index (χ0n) is 11.5. The molecule has 2 rings (SSSR count). The Hall–Kier alpha value is -1.62. The third-order valence-electron chi connectivity index (χ3n) is 3.77. The molecule has 1 amide bonds. The lowest BCUT2D eigenvalue weighted by atomic mass is 9.76. The molecule has 1 aliphatic heterocycles.